The third-order valence-corrected chi connectivity index (χ3v) is 3.72. The summed E-state index contributed by atoms with van der Waals surface area (Å²) in [5, 5.41) is 11.4. The second-order valence-corrected chi connectivity index (χ2v) is 5.38. The summed E-state index contributed by atoms with van der Waals surface area (Å²) in [5.74, 6) is -0.00393. The molecule has 120 valence electrons. The third-order valence-electron chi connectivity index (χ3n) is 3.35. The molecule has 3 nitrogen and oxygen atoms in total. The van der Waals surface area contributed by atoms with Gasteiger partial charge in [0.2, 0.25) is 0 Å². The van der Waals surface area contributed by atoms with Crippen molar-refractivity contribution < 1.29 is 0 Å². The van der Waals surface area contributed by atoms with Crippen molar-refractivity contribution in [1.29, 1.82) is 10.9 Å². The zero-order chi connectivity index (χ0) is 17.2. The van der Waals surface area contributed by atoms with Crippen molar-refractivity contribution in [2.24, 2.45) is 5.11 Å². The maximum atomic E-state index is 7.40. The SMILES string of the molecule is C/C=C\c1cc(C(=N)N=N)ccc1C.CCc1ccccc1Cl. The number of hydrogen-bond acceptors (Lipinski definition) is 2. The highest BCUT2D eigenvalue weighted by atomic mass is 35.5. The molecular formula is C19H22ClN3. The van der Waals surface area contributed by atoms with Crippen molar-refractivity contribution >= 4 is 23.5 Å². The summed E-state index contributed by atoms with van der Waals surface area (Å²) in [7, 11) is 0. The van der Waals surface area contributed by atoms with Crippen LogP contribution in [0.15, 0.2) is 53.7 Å². The molecule has 0 aromatic heterocycles. The summed E-state index contributed by atoms with van der Waals surface area (Å²) in [6, 6.07) is 13.5. The van der Waals surface area contributed by atoms with Gasteiger partial charge in [0.05, 0.1) is 0 Å². The molecule has 0 aliphatic heterocycles. The molecule has 0 aliphatic carbocycles. The summed E-state index contributed by atoms with van der Waals surface area (Å²) in [6.45, 7) is 6.06. The fraction of sp³-hybridized carbons (Fsp3) is 0.211. The molecule has 2 aromatic rings. The van der Waals surface area contributed by atoms with E-state index in [1.165, 1.54) is 5.56 Å². The van der Waals surface area contributed by atoms with Gasteiger partial charge in [-0.3, -0.25) is 5.41 Å². The Morgan fingerprint density at radius 2 is 1.91 bits per heavy atom. The fourth-order valence-corrected chi connectivity index (χ4v) is 2.27. The van der Waals surface area contributed by atoms with Gasteiger partial charge in [-0.25, -0.2) is 5.53 Å². The van der Waals surface area contributed by atoms with Gasteiger partial charge in [0.25, 0.3) is 0 Å². The Balaban J connectivity index is 0.000000253. The molecule has 2 aromatic carbocycles. The van der Waals surface area contributed by atoms with Crippen molar-refractivity contribution in [3.05, 3.63) is 75.8 Å². The Bertz CT molecular complexity index is 706. The molecule has 0 amide bonds. The van der Waals surface area contributed by atoms with Gasteiger partial charge in [0.1, 0.15) is 0 Å². The molecule has 0 fully saturated rings. The number of nitrogens with zero attached hydrogens (tertiary/aromatic N) is 1. The van der Waals surface area contributed by atoms with E-state index in [0.29, 0.717) is 5.56 Å². The summed E-state index contributed by atoms with van der Waals surface area (Å²) in [5.41, 5.74) is 10.9. The molecule has 0 radical (unpaired) electrons. The maximum Gasteiger partial charge on any atom is 0.173 e. The van der Waals surface area contributed by atoms with Gasteiger partial charge in [0, 0.05) is 10.6 Å². The Hall–Kier alpha value is -2.26. The number of amidine groups is 1. The van der Waals surface area contributed by atoms with Crippen LogP contribution < -0.4 is 0 Å². The van der Waals surface area contributed by atoms with E-state index >= 15 is 0 Å². The number of hydrogen-bond donors (Lipinski definition) is 2. The maximum absolute atomic E-state index is 7.40. The molecule has 2 rings (SSSR count). The molecule has 0 unspecified atom stereocenters. The first kappa shape index (κ1) is 18.8. The molecule has 0 spiro atoms. The van der Waals surface area contributed by atoms with E-state index in [1.54, 1.807) is 0 Å². The number of allylic oxidation sites excluding steroid dienone is 1. The predicted octanol–water partition coefficient (Wildman–Crippen LogP) is 6.29. The van der Waals surface area contributed by atoms with Crippen LogP contribution >= 0.6 is 11.6 Å². The van der Waals surface area contributed by atoms with E-state index in [2.05, 4.69) is 12.0 Å². The van der Waals surface area contributed by atoms with E-state index < -0.39 is 0 Å². The summed E-state index contributed by atoms with van der Waals surface area (Å²) in [4.78, 5) is 0. The lowest BCUT2D eigenvalue weighted by atomic mass is 10.0. The number of aryl methyl sites for hydroxylation is 2. The minimum absolute atomic E-state index is 0.00393. The minimum Gasteiger partial charge on any atom is -0.281 e. The molecule has 0 atom stereocenters. The van der Waals surface area contributed by atoms with E-state index in [-0.39, 0.29) is 5.84 Å². The van der Waals surface area contributed by atoms with Gasteiger partial charge in [-0.1, -0.05) is 61.0 Å². The Morgan fingerprint density at radius 1 is 1.22 bits per heavy atom. The quantitative estimate of drug-likeness (QED) is 0.378. The standard InChI is InChI=1S/C11H13N3.C8H9Cl/c1-3-4-9-7-10(11(12)14-13)6-5-8(9)2;1-2-7-5-3-4-6-8(7)9/h3-7,12-13H,1-2H3;3-6H,2H2,1H3/b4-3-,12-11?,14-13?;. The highest BCUT2D eigenvalue weighted by molar-refractivity contribution is 6.31. The van der Waals surface area contributed by atoms with Gasteiger partial charge in [0.15, 0.2) is 5.84 Å². The van der Waals surface area contributed by atoms with Crippen LogP contribution in [0.2, 0.25) is 5.02 Å². The predicted molar refractivity (Wildman–Crippen MR) is 98.7 cm³/mol. The first-order valence-corrected chi connectivity index (χ1v) is 7.84. The number of halogens is 1. The van der Waals surface area contributed by atoms with Gasteiger partial charge in [-0.05, 0) is 49.1 Å². The topological polar surface area (TPSA) is 60.1 Å². The first-order chi connectivity index (χ1) is 11.0. The van der Waals surface area contributed by atoms with Crippen molar-refractivity contribution in [3.8, 4) is 0 Å². The van der Waals surface area contributed by atoms with Gasteiger partial charge >= 0.3 is 0 Å². The van der Waals surface area contributed by atoms with Crippen molar-refractivity contribution in [2.45, 2.75) is 27.2 Å². The van der Waals surface area contributed by atoms with Gasteiger partial charge in [-0.15, -0.1) is 5.11 Å². The lowest BCUT2D eigenvalue weighted by molar-refractivity contribution is 1.14. The molecule has 0 saturated carbocycles. The second kappa shape index (κ2) is 9.70. The van der Waals surface area contributed by atoms with E-state index in [1.807, 2.05) is 68.5 Å². The van der Waals surface area contributed by atoms with Crippen LogP contribution in [-0.2, 0) is 6.42 Å². The van der Waals surface area contributed by atoms with Crippen molar-refractivity contribution in [2.75, 3.05) is 0 Å². The average molecular weight is 328 g/mol. The largest absolute Gasteiger partial charge is 0.281 e. The zero-order valence-corrected chi connectivity index (χ0v) is 14.5. The monoisotopic (exact) mass is 327 g/mol. The van der Waals surface area contributed by atoms with Crippen molar-refractivity contribution in [3.63, 3.8) is 0 Å². The Labute approximate surface area is 143 Å². The lowest BCUT2D eigenvalue weighted by Crippen LogP contribution is -1.94. The van der Waals surface area contributed by atoms with Crippen LogP contribution in [0.4, 0.5) is 0 Å². The molecular weight excluding hydrogens is 306 g/mol. The lowest BCUT2D eigenvalue weighted by Gasteiger charge is -2.03. The third kappa shape index (κ3) is 5.80. The van der Waals surface area contributed by atoms with Crippen LogP contribution in [0.25, 0.3) is 6.08 Å². The van der Waals surface area contributed by atoms with Gasteiger partial charge in [-0.2, -0.15) is 0 Å². The number of benzene rings is 2. The van der Waals surface area contributed by atoms with E-state index in [0.717, 1.165) is 22.6 Å². The summed E-state index contributed by atoms with van der Waals surface area (Å²) < 4.78 is 0. The number of nitrogens with one attached hydrogen (secondary N) is 2. The summed E-state index contributed by atoms with van der Waals surface area (Å²) in [6.07, 6.45) is 4.95. The second-order valence-electron chi connectivity index (χ2n) is 4.98. The zero-order valence-electron chi connectivity index (χ0n) is 13.7. The van der Waals surface area contributed by atoms with E-state index in [4.69, 9.17) is 22.5 Å². The average Bonchev–Trinajstić information content (AvgIpc) is 2.57. The molecule has 23 heavy (non-hydrogen) atoms. The van der Waals surface area contributed by atoms with Crippen LogP contribution in [0, 0.1) is 17.9 Å². The highest BCUT2D eigenvalue weighted by Gasteiger charge is 2.01. The molecule has 4 heteroatoms. The van der Waals surface area contributed by atoms with Crippen LogP contribution in [0.1, 0.15) is 36.1 Å². The minimum atomic E-state index is -0.00393. The van der Waals surface area contributed by atoms with Crippen LogP contribution in [0.3, 0.4) is 0 Å². The van der Waals surface area contributed by atoms with Gasteiger partial charge < -0.3 is 0 Å². The Kier molecular flexibility index (Phi) is 7.92. The normalized spacial score (nSPS) is 10.1. The van der Waals surface area contributed by atoms with Crippen LogP contribution in [-0.4, -0.2) is 5.84 Å². The first-order valence-electron chi connectivity index (χ1n) is 7.46. The Morgan fingerprint density at radius 3 is 2.43 bits per heavy atom. The molecule has 2 N–H and O–H groups in total. The van der Waals surface area contributed by atoms with Crippen molar-refractivity contribution in [1.82, 2.24) is 0 Å². The van der Waals surface area contributed by atoms with E-state index in [9.17, 15) is 0 Å². The highest BCUT2D eigenvalue weighted by Crippen LogP contribution is 2.14. The smallest absolute Gasteiger partial charge is 0.173 e. The molecule has 0 heterocycles. The number of rotatable bonds is 3. The molecule has 0 saturated heterocycles. The molecule has 0 bridgehead atoms. The molecule has 0 aliphatic rings. The van der Waals surface area contributed by atoms with Crippen LogP contribution in [0.5, 0.6) is 0 Å². The fourth-order valence-electron chi connectivity index (χ4n) is 2.00. The summed E-state index contributed by atoms with van der Waals surface area (Å²) >= 11 is 5.82.